The average Bonchev–Trinajstić information content (AvgIpc) is 2.80. The number of hydrogen-bond donors (Lipinski definition) is 1. The van der Waals surface area contributed by atoms with Gasteiger partial charge in [0.15, 0.2) is 6.61 Å². The van der Waals surface area contributed by atoms with E-state index in [0.717, 1.165) is 33.8 Å². The van der Waals surface area contributed by atoms with E-state index < -0.39 is 11.9 Å². The molecule has 166 valence electrons. The van der Waals surface area contributed by atoms with Gasteiger partial charge >= 0.3 is 5.97 Å². The summed E-state index contributed by atoms with van der Waals surface area (Å²) in [5, 5.41) is 2.09. The number of fused-ring (bicyclic) bond motifs is 1. The number of nitrogens with two attached hydrogens (primary N) is 1. The van der Waals surface area contributed by atoms with Crippen molar-refractivity contribution in [3.63, 3.8) is 0 Å². The molecule has 2 N–H and O–H groups in total. The number of nitrogens with zero attached hydrogens (tertiary/aromatic N) is 1. The topological polar surface area (TPSA) is 98.9 Å². The number of primary amides is 1. The van der Waals surface area contributed by atoms with Gasteiger partial charge in [-0.2, -0.15) is 0 Å². The van der Waals surface area contributed by atoms with Crippen LogP contribution in [0.3, 0.4) is 0 Å². The fraction of sp³-hybridized carbons (Fsp3) is 0.208. The Labute approximate surface area is 190 Å². The van der Waals surface area contributed by atoms with Crippen LogP contribution < -0.4 is 10.5 Å². The highest BCUT2D eigenvalue weighted by Crippen LogP contribution is 2.24. The summed E-state index contributed by atoms with van der Waals surface area (Å²) in [6.07, 6.45) is 0. The SMILES string of the molecule is COc1ccc2cc(CN(C)C(=O)COC(=O)c3ccccc3SCC(N)=O)ccc2c1. The van der Waals surface area contributed by atoms with Gasteiger partial charge in [0.25, 0.3) is 5.91 Å². The van der Waals surface area contributed by atoms with Gasteiger partial charge in [0.2, 0.25) is 5.91 Å². The van der Waals surface area contributed by atoms with E-state index in [1.165, 1.54) is 4.90 Å². The van der Waals surface area contributed by atoms with Crippen molar-refractivity contribution >= 4 is 40.3 Å². The summed E-state index contributed by atoms with van der Waals surface area (Å²) in [6, 6.07) is 18.5. The third kappa shape index (κ3) is 6.01. The molecule has 7 nitrogen and oxygen atoms in total. The first-order chi connectivity index (χ1) is 15.4. The molecule has 0 aliphatic heterocycles. The molecule has 0 heterocycles. The van der Waals surface area contributed by atoms with Crippen LogP contribution in [0.2, 0.25) is 0 Å². The van der Waals surface area contributed by atoms with Crippen molar-refractivity contribution in [3.8, 4) is 5.75 Å². The zero-order valence-corrected chi connectivity index (χ0v) is 18.7. The summed E-state index contributed by atoms with van der Waals surface area (Å²) in [5.41, 5.74) is 6.42. The van der Waals surface area contributed by atoms with Crippen LogP contribution in [-0.2, 0) is 20.9 Å². The largest absolute Gasteiger partial charge is 0.497 e. The van der Waals surface area contributed by atoms with Gasteiger partial charge in [-0.1, -0.05) is 30.3 Å². The third-order valence-electron chi connectivity index (χ3n) is 4.76. The number of ether oxygens (including phenoxy) is 2. The maximum Gasteiger partial charge on any atom is 0.339 e. The van der Waals surface area contributed by atoms with Crippen molar-refractivity contribution < 1.29 is 23.9 Å². The van der Waals surface area contributed by atoms with Crippen LogP contribution in [0.25, 0.3) is 10.8 Å². The molecule has 0 atom stereocenters. The van der Waals surface area contributed by atoms with Crippen molar-refractivity contribution in [2.45, 2.75) is 11.4 Å². The van der Waals surface area contributed by atoms with Gasteiger partial charge in [-0.05, 0) is 46.7 Å². The van der Waals surface area contributed by atoms with Crippen molar-refractivity contribution in [2.75, 3.05) is 26.5 Å². The number of rotatable bonds is 9. The Kier molecular flexibility index (Phi) is 7.72. The van der Waals surface area contributed by atoms with Gasteiger partial charge < -0.3 is 20.1 Å². The van der Waals surface area contributed by atoms with E-state index in [2.05, 4.69) is 0 Å². The lowest BCUT2D eigenvalue weighted by Crippen LogP contribution is -2.30. The summed E-state index contributed by atoms with van der Waals surface area (Å²) < 4.78 is 10.5. The molecule has 0 bridgehead atoms. The first kappa shape index (κ1) is 23.1. The second-order valence-corrected chi connectivity index (χ2v) is 8.14. The second-order valence-electron chi connectivity index (χ2n) is 7.12. The van der Waals surface area contributed by atoms with E-state index in [0.29, 0.717) is 17.0 Å². The van der Waals surface area contributed by atoms with E-state index in [-0.39, 0.29) is 18.3 Å². The number of carbonyl (C=O) groups excluding carboxylic acids is 3. The Morgan fingerprint density at radius 2 is 1.72 bits per heavy atom. The predicted octanol–water partition coefficient (Wildman–Crippen LogP) is 3.24. The van der Waals surface area contributed by atoms with Gasteiger partial charge in [-0.25, -0.2) is 4.79 Å². The highest BCUT2D eigenvalue weighted by atomic mass is 32.2. The summed E-state index contributed by atoms with van der Waals surface area (Å²) in [6.45, 7) is -0.00165. The molecular formula is C24H24N2O5S. The van der Waals surface area contributed by atoms with E-state index in [4.69, 9.17) is 15.2 Å². The Morgan fingerprint density at radius 1 is 1.00 bits per heavy atom. The normalized spacial score (nSPS) is 10.6. The lowest BCUT2D eigenvalue weighted by Gasteiger charge is -2.18. The molecule has 0 radical (unpaired) electrons. The minimum absolute atomic E-state index is 0.0461. The highest BCUT2D eigenvalue weighted by Gasteiger charge is 2.17. The molecule has 32 heavy (non-hydrogen) atoms. The monoisotopic (exact) mass is 452 g/mol. The molecule has 0 aliphatic rings. The van der Waals surface area contributed by atoms with E-state index in [9.17, 15) is 14.4 Å². The van der Waals surface area contributed by atoms with Gasteiger partial charge in [-0.3, -0.25) is 9.59 Å². The molecule has 0 unspecified atom stereocenters. The number of methoxy groups -OCH3 is 1. The van der Waals surface area contributed by atoms with E-state index >= 15 is 0 Å². The lowest BCUT2D eigenvalue weighted by atomic mass is 10.1. The smallest absolute Gasteiger partial charge is 0.339 e. The predicted molar refractivity (Wildman–Crippen MR) is 124 cm³/mol. The summed E-state index contributed by atoms with van der Waals surface area (Å²) in [7, 11) is 3.28. The van der Waals surface area contributed by atoms with Crippen molar-refractivity contribution in [2.24, 2.45) is 5.73 Å². The molecule has 8 heteroatoms. The van der Waals surface area contributed by atoms with Crippen LogP contribution in [0, 0.1) is 0 Å². The van der Waals surface area contributed by atoms with Crippen molar-refractivity contribution in [1.82, 2.24) is 4.90 Å². The average molecular weight is 453 g/mol. The number of benzene rings is 3. The first-order valence-electron chi connectivity index (χ1n) is 9.85. The Hall–Kier alpha value is -3.52. The molecule has 0 aromatic heterocycles. The Balaban J connectivity index is 1.58. The molecular weight excluding hydrogens is 428 g/mol. The number of carbonyl (C=O) groups is 3. The van der Waals surface area contributed by atoms with Gasteiger partial charge in [0.05, 0.1) is 18.4 Å². The van der Waals surface area contributed by atoms with Crippen LogP contribution >= 0.6 is 11.8 Å². The van der Waals surface area contributed by atoms with Gasteiger partial charge in [-0.15, -0.1) is 11.8 Å². The van der Waals surface area contributed by atoms with Crippen molar-refractivity contribution in [3.05, 3.63) is 71.8 Å². The van der Waals surface area contributed by atoms with Crippen LogP contribution in [0.4, 0.5) is 0 Å². The number of thioether (sulfide) groups is 1. The van der Waals surface area contributed by atoms with Crippen LogP contribution in [0.5, 0.6) is 5.75 Å². The van der Waals surface area contributed by atoms with Crippen LogP contribution in [0.1, 0.15) is 15.9 Å². The number of hydrogen-bond acceptors (Lipinski definition) is 6. The van der Waals surface area contributed by atoms with Crippen LogP contribution in [0.15, 0.2) is 65.6 Å². The third-order valence-corrected chi connectivity index (χ3v) is 5.86. The number of amides is 2. The number of likely N-dealkylation sites (N-methyl/N-ethyl adjacent to an activating group) is 1. The Morgan fingerprint density at radius 3 is 2.47 bits per heavy atom. The quantitative estimate of drug-likeness (QED) is 0.395. The highest BCUT2D eigenvalue weighted by molar-refractivity contribution is 8.00. The Bertz CT molecular complexity index is 1150. The van der Waals surface area contributed by atoms with E-state index in [1.807, 2.05) is 36.4 Å². The molecule has 2 amide bonds. The lowest BCUT2D eigenvalue weighted by molar-refractivity contribution is -0.133. The second kappa shape index (κ2) is 10.7. The van der Waals surface area contributed by atoms with Crippen molar-refractivity contribution in [1.29, 1.82) is 0 Å². The minimum atomic E-state index is -0.626. The zero-order valence-electron chi connectivity index (χ0n) is 17.9. The molecule has 0 saturated carbocycles. The van der Waals surface area contributed by atoms with Gasteiger partial charge in [0.1, 0.15) is 5.75 Å². The molecule has 0 fully saturated rings. The zero-order chi connectivity index (χ0) is 23.1. The van der Waals surface area contributed by atoms with Crippen LogP contribution in [-0.4, -0.2) is 49.2 Å². The minimum Gasteiger partial charge on any atom is -0.497 e. The molecule has 0 saturated heterocycles. The summed E-state index contributed by atoms with van der Waals surface area (Å²) >= 11 is 1.15. The first-order valence-corrected chi connectivity index (χ1v) is 10.8. The van der Waals surface area contributed by atoms with E-state index in [1.54, 1.807) is 38.4 Å². The summed E-state index contributed by atoms with van der Waals surface area (Å²) in [5.74, 6) is -0.601. The van der Waals surface area contributed by atoms with Gasteiger partial charge in [0, 0.05) is 18.5 Å². The molecule has 3 rings (SSSR count). The fourth-order valence-electron chi connectivity index (χ4n) is 3.09. The maximum absolute atomic E-state index is 12.5. The molecule has 0 aliphatic carbocycles. The number of esters is 1. The molecule has 3 aromatic rings. The summed E-state index contributed by atoms with van der Waals surface area (Å²) in [4.78, 5) is 38.1. The maximum atomic E-state index is 12.5. The fourth-order valence-corrected chi connectivity index (χ4v) is 3.87. The molecule has 0 spiro atoms. The standard InChI is InChI=1S/C24H24N2O5S/c1-26(13-16-7-8-18-12-19(30-2)10-9-17(18)11-16)23(28)14-31-24(29)20-5-3-4-6-21(20)32-15-22(25)27/h3-12H,13-15H2,1-2H3,(H2,25,27). The molecule has 3 aromatic carbocycles.